The van der Waals surface area contributed by atoms with Gasteiger partial charge in [0, 0.05) is 6.07 Å². The van der Waals surface area contributed by atoms with Gasteiger partial charge in [0.05, 0.1) is 25.6 Å². The predicted octanol–water partition coefficient (Wildman–Crippen LogP) is 3.06. The van der Waals surface area contributed by atoms with Crippen molar-refractivity contribution in [1.29, 1.82) is 0 Å². The number of amides is 1. The molecule has 0 saturated carbocycles. The Hall–Kier alpha value is -2.96. The van der Waals surface area contributed by atoms with E-state index in [1.165, 1.54) is 28.9 Å². The topological polar surface area (TPSA) is 74.6 Å². The van der Waals surface area contributed by atoms with Gasteiger partial charge in [-0.05, 0) is 23.6 Å². The van der Waals surface area contributed by atoms with E-state index in [9.17, 15) is 31.1 Å². The zero-order valence-corrected chi connectivity index (χ0v) is 17.0. The quantitative estimate of drug-likeness (QED) is 0.645. The van der Waals surface area contributed by atoms with Crippen LogP contribution in [0.3, 0.4) is 0 Å². The van der Waals surface area contributed by atoms with Crippen molar-refractivity contribution in [3.63, 3.8) is 0 Å². The Balaban J connectivity index is 1.31. The molecule has 0 saturated heterocycles. The first kappa shape index (κ1) is 23.2. The van der Waals surface area contributed by atoms with Gasteiger partial charge in [-0.15, -0.1) is 0 Å². The summed E-state index contributed by atoms with van der Waals surface area (Å²) in [7, 11) is 0. The summed E-state index contributed by atoms with van der Waals surface area (Å²) in [6.45, 7) is -1.39. The van der Waals surface area contributed by atoms with Crippen LogP contribution in [0.1, 0.15) is 21.6 Å². The number of hydrogen-bond acceptors (Lipinski definition) is 5. The van der Waals surface area contributed by atoms with Crippen LogP contribution in [0, 0.1) is 0 Å². The Morgan fingerprint density at radius 1 is 1.18 bits per heavy atom. The van der Waals surface area contributed by atoms with Gasteiger partial charge in [0.25, 0.3) is 5.91 Å². The number of rotatable bonds is 6. The molecule has 2 aliphatic heterocycles. The van der Waals surface area contributed by atoms with Crippen molar-refractivity contribution in [1.82, 2.24) is 15.1 Å². The lowest BCUT2D eigenvalue weighted by atomic mass is 9.99. The van der Waals surface area contributed by atoms with Crippen LogP contribution < -0.4 is 14.8 Å². The average Bonchev–Trinajstić information content (AvgIpc) is 3.24. The van der Waals surface area contributed by atoms with E-state index in [2.05, 4.69) is 15.2 Å². The highest BCUT2D eigenvalue weighted by Gasteiger charge is 2.32. The summed E-state index contributed by atoms with van der Waals surface area (Å²) in [5.74, 6) is 0.163. The highest BCUT2D eigenvalue weighted by Crippen LogP contribution is 2.29. The van der Waals surface area contributed by atoms with Gasteiger partial charge in [0.1, 0.15) is 25.1 Å². The number of nitrogens with one attached hydrogen (secondary N) is 1. The van der Waals surface area contributed by atoms with E-state index < -0.39 is 43.4 Å². The van der Waals surface area contributed by atoms with Gasteiger partial charge < -0.3 is 19.5 Å². The van der Waals surface area contributed by atoms with Crippen LogP contribution in [-0.2, 0) is 24.1 Å². The smallest absolute Gasteiger partial charge is 0.411 e. The molecule has 1 aromatic carbocycles. The largest absolute Gasteiger partial charge is 0.491 e. The molecule has 0 fully saturated rings. The van der Waals surface area contributed by atoms with Gasteiger partial charge >= 0.3 is 12.4 Å². The number of carbonyl (C=O) groups is 1. The number of nitrogens with zero attached hydrogens (tertiary/aromatic N) is 2. The molecule has 1 N–H and O–H groups in total. The number of aromatic nitrogens is 2. The molecule has 1 amide bonds. The first-order valence-electron chi connectivity index (χ1n) is 9.96. The third-order valence-electron chi connectivity index (χ3n) is 4.98. The maximum absolute atomic E-state index is 12.7. The number of alkyl halides is 6. The second kappa shape index (κ2) is 8.76. The molecule has 2 aromatic rings. The Kier molecular flexibility index (Phi) is 6.16. The van der Waals surface area contributed by atoms with Crippen LogP contribution in [0.5, 0.6) is 11.6 Å². The number of ether oxygens (including phenoxy) is 3. The minimum absolute atomic E-state index is 0.0382. The second-order valence-electron chi connectivity index (χ2n) is 7.84. The lowest BCUT2D eigenvalue weighted by Crippen LogP contribution is -2.43. The number of benzene rings is 1. The molecular weight excluding hydrogens is 460 g/mol. The highest BCUT2D eigenvalue weighted by atomic mass is 19.4. The van der Waals surface area contributed by atoms with Crippen molar-refractivity contribution < 1.29 is 45.3 Å². The molecule has 33 heavy (non-hydrogen) atoms. The summed E-state index contributed by atoms with van der Waals surface area (Å²) < 4.78 is 91.4. The molecule has 13 heteroatoms. The number of hydrogen-bond donors (Lipinski definition) is 1. The molecule has 180 valence electrons. The van der Waals surface area contributed by atoms with Crippen molar-refractivity contribution in [2.24, 2.45) is 0 Å². The van der Waals surface area contributed by atoms with Crippen LogP contribution in [0.15, 0.2) is 24.3 Å². The van der Waals surface area contributed by atoms with E-state index >= 15 is 0 Å². The summed E-state index contributed by atoms with van der Waals surface area (Å²) in [5.41, 5.74) is 0.704. The normalized spacial score (nSPS) is 19.9. The van der Waals surface area contributed by atoms with Crippen molar-refractivity contribution in [3.8, 4) is 11.6 Å². The molecule has 2 aliphatic rings. The third-order valence-corrected chi connectivity index (χ3v) is 4.98. The SMILES string of the molecule is O=C(N[C@H]1COc2ccc(CC(F)(F)F)cc2C1)c1cc2n(n1)CC(COCC(F)(F)F)O2. The minimum Gasteiger partial charge on any atom is -0.491 e. The van der Waals surface area contributed by atoms with Crippen LogP contribution in [-0.4, -0.2) is 60.0 Å². The van der Waals surface area contributed by atoms with Gasteiger partial charge in [0.2, 0.25) is 5.88 Å². The number of carbonyl (C=O) groups excluding carboxylic acids is 1. The second-order valence-corrected chi connectivity index (χ2v) is 7.84. The first-order valence-corrected chi connectivity index (χ1v) is 9.96. The van der Waals surface area contributed by atoms with Crippen LogP contribution >= 0.6 is 0 Å². The molecule has 3 heterocycles. The zero-order chi connectivity index (χ0) is 23.8. The Morgan fingerprint density at radius 2 is 1.97 bits per heavy atom. The molecule has 0 radical (unpaired) electrons. The molecule has 0 bridgehead atoms. The number of halogens is 6. The van der Waals surface area contributed by atoms with E-state index in [-0.39, 0.29) is 43.3 Å². The van der Waals surface area contributed by atoms with Crippen LogP contribution in [0.4, 0.5) is 26.3 Å². The van der Waals surface area contributed by atoms with Crippen LogP contribution in [0.25, 0.3) is 0 Å². The third kappa shape index (κ3) is 6.09. The van der Waals surface area contributed by atoms with Crippen LogP contribution in [0.2, 0.25) is 0 Å². The average molecular weight is 479 g/mol. The van der Waals surface area contributed by atoms with E-state index in [0.717, 1.165) is 0 Å². The lowest BCUT2D eigenvalue weighted by molar-refractivity contribution is -0.177. The van der Waals surface area contributed by atoms with Gasteiger partial charge in [-0.25, -0.2) is 4.68 Å². The molecular formula is C20H19F6N3O4. The molecule has 2 atom stereocenters. The van der Waals surface area contributed by atoms with Crippen molar-refractivity contribution in [3.05, 3.63) is 41.1 Å². The van der Waals surface area contributed by atoms with E-state index in [1.807, 2.05) is 0 Å². The highest BCUT2D eigenvalue weighted by molar-refractivity contribution is 5.92. The summed E-state index contributed by atoms with van der Waals surface area (Å²) in [6, 6.07) is 5.14. The fourth-order valence-electron chi connectivity index (χ4n) is 3.67. The Bertz CT molecular complexity index is 997. The Labute approximate surface area is 183 Å². The van der Waals surface area contributed by atoms with Crippen molar-refractivity contribution in [2.75, 3.05) is 19.8 Å². The number of fused-ring (bicyclic) bond motifs is 2. The molecule has 0 aliphatic carbocycles. The van der Waals surface area contributed by atoms with Gasteiger partial charge in [-0.1, -0.05) is 12.1 Å². The summed E-state index contributed by atoms with van der Waals surface area (Å²) in [4.78, 5) is 12.6. The van der Waals surface area contributed by atoms with Gasteiger partial charge in [-0.3, -0.25) is 4.79 Å². The summed E-state index contributed by atoms with van der Waals surface area (Å²) >= 11 is 0. The zero-order valence-electron chi connectivity index (χ0n) is 17.0. The first-order chi connectivity index (χ1) is 15.4. The fraction of sp³-hybridized carbons (Fsp3) is 0.500. The molecule has 4 rings (SSSR count). The Morgan fingerprint density at radius 3 is 2.67 bits per heavy atom. The summed E-state index contributed by atoms with van der Waals surface area (Å²) in [6.07, 6.45) is -10.2. The van der Waals surface area contributed by atoms with Crippen molar-refractivity contribution >= 4 is 5.91 Å². The van der Waals surface area contributed by atoms with E-state index in [0.29, 0.717) is 11.3 Å². The van der Waals surface area contributed by atoms with E-state index in [1.54, 1.807) is 0 Å². The molecule has 1 unspecified atom stereocenters. The fourth-order valence-corrected chi connectivity index (χ4v) is 3.67. The standard InChI is InChI=1S/C20H19F6N3O4/c21-19(22,23)6-11-1-2-16-12(3-11)4-13(8-32-16)27-18(30)15-5-17-29(28-15)7-14(33-17)9-31-10-20(24,25)26/h1-3,5,13-14H,4,6-10H2,(H,27,30)/t13-,14?/m1/s1. The van der Waals surface area contributed by atoms with Gasteiger partial charge in [-0.2, -0.15) is 31.4 Å². The molecule has 7 nitrogen and oxygen atoms in total. The van der Waals surface area contributed by atoms with Crippen molar-refractivity contribution in [2.45, 2.75) is 43.9 Å². The summed E-state index contributed by atoms with van der Waals surface area (Å²) in [5, 5.41) is 6.83. The maximum Gasteiger partial charge on any atom is 0.411 e. The minimum atomic E-state index is -4.43. The molecule has 1 aromatic heterocycles. The van der Waals surface area contributed by atoms with Gasteiger partial charge in [0.15, 0.2) is 5.69 Å². The van der Waals surface area contributed by atoms with E-state index in [4.69, 9.17) is 9.47 Å². The predicted molar refractivity (Wildman–Crippen MR) is 100 cm³/mol. The molecule has 0 spiro atoms. The monoisotopic (exact) mass is 479 g/mol. The maximum atomic E-state index is 12.7. The lowest BCUT2D eigenvalue weighted by Gasteiger charge is -2.26.